The lowest BCUT2D eigenvalue weighted by molar-refractivity contribution is -0.135. The number of nitrogens with zero attached hydrogens (tertiary/aromatic N) is 1. The number of urea groups is 1. The average Bonchev–Trinajstić information content (AvgIpc) is 3.43. The molecule has 0 bridgehead atoms. The van der Waals surface area contributed by atoms with Gasteiger partial charge in [0.15, 0.2) is 0 Å². The van der Waals surface area contributed by atoms with Gasteiger partial charge in [-0.3, -0.25) is 14.5 Å². The summed E-state index contributed by atoms with van der Waals surface area (Å²) < 4.78 is 0. The summed E-state index contributed by atoms with van der Waals surface area (Å²) in [7, 11) is 0. The maximum absolute atomic E-state index is 13.5. The number of carbonyl (C=O) groups is 3. The molecular formula is C26H25N3O3S. The van der Waals surface area contributed by atoms with Gasteiger partial charge in [-0.05, 0) is 54.3 Å². The average molecular weight is 460 g/mol. The van der Waals surface area contributed by atoms with Gasteiger partial charge in [-0.1, -0.05) is 60.2 Å². The van der Waals surface area contributed by atoms with Crippen molar-refractivity contribution in [3.05, 3.63) is 93.2 Å². The molecule has 1 aromatic heterocycles. The van der Waals surface area contributed by atoms with Gasteiger partial charge in [0.2, 0.25) is 5.91 Å². The van der Waals surface area contributed by atoms with Crippen LogP contribution in [0, 0.1) is 6.92 Å². The normalized spacial score (nSPS) is 20.5. The Balaban J connectivity index is 1.37. The highest BCUT2D eigenvalue weighted by atomic mass is 32.1. The molecule has 7 heteroatoms. The molecule has 1 saturated heterocycles. The van der Waals surface area contributed by atoms with E-state index < -0.39 is 11.6 Å². The van der Waals surface area contributed by atoms with Gasteiger partial charge in [-0.15, -0.1) is 11.3 Å². The number of hydrogen-bond donors (Lipinski definition) is 2. The van der Waals surface area contributed by atoms with E-state index in [-0.39, 0.29) is 24.4 Å². The van der Waals surface area contributed by atoms with E-state index in [1.165, 1.54) is 0 Å². The number of hydrogen-bond acceptors (Lipinski definition) is 4. The van der Waals surface area contributed by atoms with Crippen LogP contribution in [0.25, 0.3) is 0 Å². The molecule has 1 aliphatic carbocycles. The van der Waals surface area contributed by atoms with Crippen LogP contribution >= 0.6 is 11.3 Å². The minimum absolute atomic E-state index is 0.317. The Labute approximate surface area is 196 Å². The summed E-state index contributed by atoms with van der Waals surface area (Å²) in [4.78, 5) is 41.4. The van der Waals surface area contributed by atoms with Gasteiger partial charge in [0.25, 0.3) is 5.91 Å². The van der Waals surface area contributed by atoms with Crippen molar-refractivity contribution in [3.8, 4) is 0 Å². The van der Waals surface area contributed by atoms with Crippen LogP contribution in [0.15, 0.2) is 66.0 Å². The topological polar surface area (TPSA) is 78.5 Å². The third kappa shape index (κ3) is 3.82. The second-order valence-electron chi connectivity index (χ2n) is 8.66. The fraction of sp³-hybridized carbons (Fsp3) is 0.269. The molecule has 6 nitrogen and oxygen atoms in total. The molecule has 2 atom stereocenters. The van der Waals surface area contributed by atoms with Gasteiger partial charge in [0, 0.05) is 4.88 Å². The van der Waals surface area contributed by atoms with E-state index in [1.54, 1.807) is 11.3 Å². The number of imide groups is 1. The Morgan fingerprint density at radius 2 is 1.91 bits per heavy atom. The highest BCUT2D eigenvalue weighted by molar-refractivity contribution is 7.10. The Hall–Kier alpha value is -3.45. The Bertz CT molecular complexity index is 1210. The Morgan fingerprint density at radius 3 is 2.67 bits per heavy atom. The zero-order valence-corrected chi connectivity index (χ0v) is 19.2. The molecule has 168 valence electrons. The number of fused-ring (bicyclic) bond motifs is 2. The van der Waals surface area contributed by atoms with E-state index in [1.807, 2.05) is 73.0 Å². The van der Waals surface area contributed by atoms with E-state index in [2.05, 4.69) is 10.6 Å². The van der Waals surface area contributed by atoms with Crippen LogP contribution in [0.5, 0.6) is 0 Å². The van der Waals surface area contributed by atoms with Crippen LogP contribution < -0.4 is 10.6 Å². The maximum atomic E-state index is 13.5. The maximum Gasteiger partial charge on any atom is 0.325 e. The van der Waals surface area contributed by atoms with Crippen LogP contribution in [0.1, 0.15) is 46.0 Å². The molecule has 0 saturated carbocycles. The van der Waals surface area contributed by atoms with Crippen LogP contribution in [-0.2, 0) is 21.5 Å². The Kier molecular flexibility index (Phi) is 5.50. The zero-order chi connectivity index (χ0) is 23.0. The highest BCUT2D eigenvalue weighted by Gasteiger charge is 2.54. The number of benzene rings is 2. The number of carbonyl (C=O) groups excluding carboxylic acids is 3. The highest BCUT2D eigenvalue weighted by Crippen LogP contribution is 2.39. The quantitative estimate of drug-likeness (QED) is 0.565. The van der Waals surface area contributed by atoms with E-state index in [9.17, 15) is 14.4 Å². The minimum Gasteiger partial charge on any atom is -0.343 e. The largest absolute Gasteiger partial charge is 0.343 e. The summed E-state index contributed by atoms with van der Waals surface area (Å²) in [6.45, 7) is 1.70. The lowest BCUT2D eigenvalue weighted by Gasteiger charge is -2.33. The molecule has 2 aliphatic rings. The molecular weight excluding hydrogens is 434 g/mol. The minimum atomic E-state index is -1.07. The predicted octanol–water partition coefficient (Wildman–Crippen LogP) is 4.05. The van der Waals surface area contributed by atoms with Crippen molar-refractivity contribution >= 4 is 29.2 Å². The number of nitrogens with one attached hydrogen (secondary N) is 2. The van der Waals surface area contributed by atoms with Crippen molar-refractivity contribution in [3.63, 3.8) is 0 Å². The first-order valence-electron chi connectivity index (χ1n) is 11.1. The Morgan fingerprint density at radius 1 is 1.12 bits per heavy atom. The van der Waals surface area contributed by atoms with Crippen molar-refractivity contribution in [1.29, 1.82) is 0 Å². The smallest absolute Gasteiger partial charge is 0.325 e. The lowest BCUT2D eigenvalue weighted by atomic mass is 9.76. The van der Waals surface area contributed by atoms with E-state index in [4.69, 9.17) is 0 Å². The molecule has 3 aromatic rings. The third-order valence-corrected chi connectivity index (χ3v) is 7.43. The van der Waals surface area contributed by atoms with Crippen molar-refractivity contribution in [1.82, 2.24) is 15.5 Å². The number of amides is 4. The first-order chi connectivity index (χ1) is 16.0. The monoisotopic (exact) mass is 459 g/mol. The number of aryl methyl sites for hydroxylation is 2. The predicted molar refractivity (Wildman–Crippen MR) is 127 cm³/mol. The van der Waals surface area contributed by atoms with Crippen molar-refractivity contribution in [2.24, 2.45) is 0 Å². The van der Waals surface area contributed by atoms with Gasteiger partial charge in [0.1, 0.15) is 12.1 Å². The van der Waals surface area contributed by atoms with Crippen molar-refractivity contribution < 1.29 is 14.4 Å². The standard InChI is InChI=1S/C26H25N3O3S/c1-17-10-12-19(13-11-17)23(21-9-5-15-33-21)27-22(30)16-29-24(31)26(28-25(29)32)14-4-7-18-6-2-3-8-20(18)26/h2-3,5-6,8-13,15,23H,4,7,14,16H2,1H3,(H,27,30)(H,28,32)/t23-,26-/m1/s1. The fourth-order valence-electron chi connectivity index (χ4n) is 4.84. The van der Waals surface area contributed by atoms with Crippen LogP contribution in [0.4, 0.5) is 4.79 Å². The van der Waals surface area contributed by atoms with Crippen LogP contribution in [0.2, 0.25) is 0 Å². The van der Waals surface area contributed by atoms with E-state index in [0.717, 1.165) is 44.9 Å². The third-order valence-electron chi connectivity index (χ3n) is 6.50. The molecule has 2 aromatic carbocycles. The number of thiophene rings is 1. The first-order valence-corrected chi connectivity index (χ1v) is 12.0. The van der Waals surface area contributed by atoms with Crippen molar-refractivity contribution in [2.75, 3.05) is 6.54 Å². The second kappa shape index (κ2) is 8.48. The molecule has 0 radical (unpaired) electrons. The first kappa shape index (κ1) is 21.4. The van der Waals surface area contributed by atoms with Crippen LogP contribution in [0.3, 0.4) is 0 Å². The SMILES string of the molecule is Cc1ccc([C@@H](NC(=O)CN2C(=O)N[C@@]3(CCCc4ccccc43)C2=O)c2cccs2)cc1. The summed E-state index contributed by atoms with van der Waals surface area (Å²) >= 11 is 1.55. The lowest BCUT2D eigenvalue weighted by Crippen LogP contribution is -2.47. The second-order valence-corrected chi connectivity index (χ2v) is 9.64. The molecule has 1 spiro atoms. The molecule has 4 amide bonds. The molecule has 1 fully saturated rings. The van der Waals surface area contributed by atoms with Gasteiger partial charge >= 0.3 is 6.03 Å². The summed E-state index contributed by atoms with van der Waals surface area (Å²) in [5.41, 5.74) is 2.92. The van der Waals surface area contributed by atoms with Gasteiger partial charge < -0.3 is 10.6 Å². The summed E-state index contributed by atoms with van der Waals surface area (Å²) in [5, 5.41) is 7.90. The molecule has 0 unspecified atom stereocenters. The van der Waals surface area contributed by atoms with E-state index in [0.29, 0.717) is 6.42 Å². The molecule has 33 heavy (non-hydrogen) atoms. The fourth-order valence-corrected chi connectivity index (χ4v) is 5.64. The molecule has 2 N–H and O–H groups in total. The number of rotatable bonds is 5. The van der Waals surface area contributed by atoms with Gasteiger partial charge in [-0.2, -0.15) is 0 Å². The summed E-state index contributed by atoms with van der Waals surface area (Å²) in [6, 6.07) is 18.8. The summed E-state index contributed by atoms with van der Waals surface area (Å²) in [5.74, 6) is -0.726. The van der Waals surface area contributed by atoms with Gasteiger partial charge in [0.05, 0.1) is 6.04 Å². The van der Waals surface area contributed by atoms with Crippen molar-refractivity contribution in [2.45, 2.75) is 37.8 Å². The molecule has 1 aliphatic heterocycles. The van der Waals surface area contributed by atoms with E-state index >= 15 is 0 Å². The van der Waals surface area contributed by atoms with Crippen LogP contribution in [-0.4, -0.2) is 29.3 Å². The van der Waals surface area contributed by atoms with Gasteiger partial charge in [-0.25, -0.2) is 4.79 Å². The molecule has 5 rings (SSSR count). The zero-order valence-electron chi connectivity index (χ0n) is 18.3. The molecule has 2 heterocycles. The summed E-state index contributed by atoms with van der Waals surface area (Å²) in [6.07, 6.45) is 2.21.